The maximum atomic E-state index is 12.0. The molecule has 0 aliphatic carbocycles. The van der Waals surface area contributed by atoms with Crippen LogP contribution in [0.2, 0.25) is 10.0 Å². The summed E-state index contributed by atoms with van der Waals surface area (Å²) in [6.07, 6.45) is 0.332. The molecule has 1 aromatic carbocycles. The molecule has 0 radical (unpaired) electrons. The highest BCUT2D eigenvalue weighted by Crippen LogP contribution is 2.33. The Labute approximate surface area is 182 Å². The predicted molar refractivity (Wildman–Crippen MR) is 115 cm³/mol. The second-order valence-corrected chi connectivity index (χ2v) is 9.34. The quantitative estimate of drug-likeness (QED) is 0.661. The van der Waals surface area contributed by atoms with Gasteiger partial charge in [0.25, 0.3) is 0 Å². The average Bonchev–Trinajstić information content (AvgIpc) is 2.62. The van der Waals surface area contributed by atoms with Gasteiger partial charge in [0.1, 0.15) is 11.5 Å². The van der Waals surface area contributed by atoms with Gasteiger partial charge in [0.2, 0.25) is 0 Å². The number of rotatable bonds is 4. The van der Waals surface area contributed by atoms with Gasteiger partial charge in [-0.1, -0.05) is 29.3 Å². The van der Waals surface area contributed by atoms with Gasteiger partial charge in [0.05, 0.1) is 21.4 Å². The molecule has 3 rings (SSSR count). The summed E-state index contributed by atoms with van der Waals surface area (Å²) in [6.45, 7) is 9.71. The van der Waals surface area contributed by atoms with Crippen molar-refractivity contribution in [2.75, 3.05) is 44.2 Å². The molecular weight excluding hydrogens is 413 g/mol. The Morgan fingerprint density at radius 1 is 1.14 bits per heavy atom. The van der Waals surface area contributed by atoms with Gasteiger partial charge in [-0.15, -0.1) is 0 Å². The van der Waals surface area contributed by atoms with E-state index in [4.69, 9.17) is 27.9 Å². The van der Waals surface area contributed by atoms with Crippen molar-refractivity contribution in [3.63, 3.8) is 0 Å². The van der Waals surface area contributed by atoms with Gasteiger partial charge in [-0.2, -0.15) is 0 Å². The van der Waals surface area contributed by atoms with Crippen molar-refractivity contribution in [2.24, 2.45) is 5.92 Å². The number of carbonyl (C=O) groups is 1. The lowest BCUT2D eigenvalue weighted by Gasteiger charge is -2.42. The number of likely N-dealkylation sites (tertiary alicyclic amines) is 1. The lowest BCUT2D eigenvalue weighted by Crippen LogP contribution is -2.52. The molecule has 8 heteroatoms. The summed E-state index contributed by atoms with van der Waals surface area (Å²) in [7, 11) is 0. The van der Waals surface area contributed by atoms with E-state index in [1.54, 1.807) is 11.0 Å². The van der Waals surface area contributed by atoms with Crippen molar-refractivity contribution in [2.45, 2.75) is 32.8 Å². The van der Waals surface area contributed by atoms with E-state index >= 15 is 0 Å². The largest absolute Gasteiger partial charge is 0.444 e. The van der Waals surface area contributed by atoms with Crippen LogP contribution in [-0.4, -0.2) is 66.7 Å². The van der Waals surface area contributed by atoms with E-state index in [1.807, 2.05) is 32.9 Å². The molecule has 6 nitrogen and oxygen atoms in total. The van der Waals surface area contributed by atoms with Crippen LogP contribution in [0.1, 0.15) is 27.2 Å². The van der Waals surface area contributed by atoms with E-state index in [0.717, 1.165) is 31.9 Å². The normalized spacial score (nSPS) is 17.6. The third kappa shape index (κ3) is 5.39. The first-order valence-electron chi connectivity index (χ1n) is 9.83. The van der Waals surface area contributed by atoms with Gasteiger partial charge in [0, 0.05) is 51.6 Å². The van der Waals surface area contributed by atoms with Crippen molar-refractivity contribution in [3.8, 4) is 0 Å². The topological polar surface area (TPSA) is 53.1 Å². The first-order chi connectivity index (χ1) is 13.7. The van der Waals surface area contributed by atoms with Crippen molar-refractivity contribution >= 4 is 40.9 Å². The highest BCUT2D eigenvalue weighted by Gasteiger charge is 2.35. The molecule has 2 aliphatic rings. The van der Waals surface area contributed by atoms with Gasteiger partial charge >= 0.3 is 6.09 Å². The summed E-state index contributed by atoms with van der Waals surface area (Å²) < 4.78 is 5.38. The fraction of sp³-hybridized carbons (Fsp3) is 0.571. The minimum atomic E-state index is -0.498. The molecule has 2 aliphatic heterocycles. The molecule has 0 bridgehead atoms. The SMILES string of the molecule is CC(C)(C)OC(=O)N1CC(CC(=C=O)N2CCN(c3cccc(Cl)c3Cl)CC2)C1. The van der Waals surface area contributed by atoms with Gasteiger partial charge in [-0.3, -0.25) is 0 Å². The number of anilines is 1. The lowest BCUT2D eigenvalue weighted by atomic mass is 9.94. The summed E-state index contributed by atoms with van der Waals surface area (Å²) in [6, 6.07) is 5.62. The summed E-state index contributed by atoms with van der Waals surface area (Å²) in [5.74, 6) is 2.38. The van der Waals surface area contributed by atoms with Crippen LogP contribution in [0.25, 0.3) is 0 Å². The molecule has 29 heavy (non-hydrogen) atoms. The number of hydrogen-bond acceptors (Lipinski definition) is 5. The van der Waals surface area contributed by atoms with Crippen LogP contribution in [-0.2, 0) is 9.53 Å². The number of nitrogens with zero attached hydrogens (tertiary/aromatic N) is 3. The van der Waals surface area contributed by atoms with E-state index in [-0.39, 0.29) is 12.0 Å². The van der Waals surface area contributed by atoms with Crippen LogP contribution in [0.5, 0.6) is 0 Å². The van der Waals surface area contributed by atoms with Crippen LogP contribution in [0, 0.1) is 5.92 Å². The smallest absolute Gasteiger partial charge is 0.410 e. The first kappa shape index (κ1) is 21.8. The summed E-state index contributed by atoms with van der Waals surface area (Å²) in [5, 5.41) is 1.10. The van der Waals surface area contributed by atoms with Gasteiger partial charge in [-0.05, 0) is 32.9 Å². The minimum absolute atomic E-state index is 0.263. The Bertz CT molecular complexity index is 804. The standard InChI is InChI=1S/C21H27Cl2N3O3/c1-21(2,3)29-20(28)26-12-15(13-26)11-16(14-27)24-7-9-25(10-8-24)18-6-4-5-17(22)19(18)23/h4-6,15H,7-13H2,1-3H3. The number of piperazine rings is 1. The van der Waals surface area contributed by atoms with E-state index < -0.39 is 5.60 Å². The van der Waals surface area contributed by atoms with E-state index in [9.17, 15) is 9.59 Å². The van der Waals surface area contributed by atoms with Crippen molar-refractivity contribution in [1.82, 2.24) is 9.80 Å². The molecular formula is C21H27Cl2N3O3. The molecule has 0 unspecified atom stereocenters. The second kappa shape index (κ2) is 8.86. The number of ether oxygens (including phenoxy) is 1. The first-order valence-corrected chi connectivity index (χ1v) is 10.6. The summed E-state index contributed by atoms with van der Waals surface area (Å²) in [4.78, 5) is 29.6. The number of halogens is 2. The third-order valence-corrected chi connectivity index (χ3v) is 5.95. The maximum absolute atomic E-state index is 12.0. The molecule has 2 saturated heterocycles. The highest BCUT2D eigenvalue weighted by molar-refractivity contribution is 6.43. The molecule has 0 aromatic heterocycles. The van der Waals surface area contributed by atoms with E-state index in [1.165, 1.54) is 0 Å². The van der Waals surface area contributed by atoms with Crippen LogP contribution in [0.15, 0.2) is 23.9 Å². The van der Waals surface area contributed by atoms with Gasteiger partial charge in [-0.25, -0.2) is 9.59 Å². The second-order valence-electron chi connectivity index (χ2n) is 8.55. The molecule has 0 N–H and O–H groups in total. The zero-order chi connectivity index (χ0) is 21.2. The van der Waals surface area contributed by atoms with E-state index in [2.05, 4.69) is 15.7 Å². The maximum Gasteiger partial charge on any atom is 0.410 e. The van der Waals surface area contributed by atoms with E-state index in [0.29, 0.717) is 35.3 Å². The highest BCUT2D eigenvalue weighted by atomic mass is 35.5. The monoisotopic (exact) mass is 439 g/mol. The van der Waals surface area contributed by atoms with Crippen LogP contribution in [0.3, 0.4) is 0 Å². The Hall–Kier alpha value is -1.88. The fourth-order valence-electron chi connectivity index (χ4n) is 3.64. The number of carbonyl (C=O) groups excluding carboxylic acids is 2. The van der Waals surface area contributed by atoms with Crippen molar-refractivity contribution in [1.29, 1.82) is 0 Å². The lowest BCUT2D eigenvalue weighted by molar-refractivity contribution is -0.00168. The Morgan fingerprint density at radius 3 is 2.38 bits per heavy atom. The summed E-state index contributed by atoms with van der Waals surface area (Å²) >= 11 is 12.5. The number of amides is 1. The minimum Gasteiger partial charge on any atom is -0.444 e. The molecule has 0 spiro atoms. The average molecular weight is 440 g/mol. The van der Waals surface area contributed by atoms with Gasteiger partial charge < -0.3 is 19.4 Å². The van der Waals surface area contributed by atoms with Crippen LogP contribution >= 0.6 is 23.2 Å². The van der Waals surface area contributed by atoms with Crippen LogP contribution < -0.4 is 4.90 Å². The van der Waals surface area contributed by atoms with Crippen LogP contribution in [0.4, 0.5) is 10.5 Å². The van der Waals surface area contributed by atoms with Crippen molar-refractivity contribution in [3.05, 3.63) is 33.9 Å². The molecule has 1 amide bonds. The summed E-state index contributed by atoms with van der Waals surface area (Å²) in [5.41, 5.74) is 1.10. The van der Waals surface area contributed by atoms with Crippen molar-refractivity contribution < 1.29 is 14.3 Å². The molecule has 158 valence electrons. The fourth-order valence-corrected chi connectivity index (χ4v) is 4.05. The predicted octanol–water partition coefficient (Wildman–Crippen LogP) is 4.09. The molecule has 2 fully saturated rings. The zero-order valence-electron chi connectivity index (χ0n) is 17.1. The Balaban J connectivity index is 1.49. The number of allylic oxidation sites excluding steroid dienone is 1. The zero-order valence-corrected chi connectivity index (χ0v) is 18.6. The number of benzene rings is 1. The Kier molecular flexibility index (Phi) is 6.67. The molecule has 1 aromatic rings. The molecule has 2 heterocycles. The molecule has 0 atom stereocenters. The third-order valence-electron chi connectivity index (χ3n) is 5.14. The molecule has 0 saturated carbocycles. The Morgan fingerprint density at radius 2 is 1.79 bits per heavy atom. The number of hydrogen-bond donors (Lipinski definition) is 0. The van der Waals surface area contributed by atoms with Gasteiger partial charge in [0.15, 0.2) is 0 Å².